The highest BCUT2D eigenvalue weighted by molar-refractivity contribution is 5.86. The highest BCUT2D eigenvalue weighted by atomic mass is 16.6. The molecule has 0 radical (unpaired) electrons. The van der Waals surface area contributed by atoms with Crippen LogP contribution in [-0.4, -0.2) is 38.0 Å². The van der Waals surface area contributed by atoms with E-state index in [-0.39, 0.29) is 22.8 Å². The lowest BCUT2D eigenvalue weighted by molar-refractivity contribution is -0.386. The van der Waals surface area contributed by atoms with Crippen molar-refractivity contribution in [3.63, 3.8) is 0 Å². The van der Waals surface area contributed by atoms with Crippen molar-refractivity contribution in [2.45, 2.75) is 51.0 Å². The summed E-state index contributed by atoms with van der Waals surface area (Å²) >= 11 is 0. The second-order valence-electron chi connectivity index (χ2n) is 8.23. The van der Waals surface area contributed by atoms with Crippen molar-refractivity contribution in [2.75, 3.05) is 0 Å². The van der Waals surface area contributed by atoms with Gasteiger partial charge in [0.2, 0.25) is 5.75 Å². The predicted octanol–water partition coefficient (Wildman–Crippen LogP) is 4.09. The van der Waals surface area contributed by atoms with E-state index in [9.17, 15) is 24.8 Å². The number of carboxylic acids is 1. The Bertz CT molecular complexity index is 1330. The van der Waals surface area contributed by atoms with Gasteiger partial charge in [0.1, 0.15) is 5.82 Å². The largest absolute Gasteiger partial charge is 0.479 e. The van der Waals surface area contributed by atoms with E-state index >= 15 is 0 Å². The summed E-state index contributed by atoms with van der Waals surface area (Å²) in [6, 6.07) is 11.2. The second kappa shape index (κ2) is 9.82. The van der Waals surface area contributed by atoms with E-state index in [1.54, 1.807) is 18.2 Å². The van der Waals surface area contributed by atoms with Crippen LogP contribution < -0.4 is 10.3 Å². The minimum atomic E-state index is -1.32. The molecule has 10 heteroatoms. The maximum Gasteiger partial charge on any atom is 0.344 e. The lowest BCUT2D eigenvalue weighted by atomic mass is 9.88. The van der Waals surface area contributed by atoms with E-state index in [1.165, 1.54) is 36.0 Å². The lowest BCUT2D eigenvalue weighted by Crippen LogP contribution is -2.25. The van der Waals surface area contributed by atoms with Gasteiger partial charge in [-0.15, -0.1) is 0 Å². The van der Waals surface area contributed by atoms with Crippen molar-refractivity contribution in [3.8, 4) is 5.75 Å². The van der Waals surface area contributed by atoms with E-state index in [0.717, 1.165) is 32.1 Å². The molecular formula is C24H24N4O6. The number of aliphatic carboxylic acids is 1. The van der Waals surface area contributed by atoms with Gasteiger partial charge < -0.3 is 9.84 Å². The van der Waals surface area contributed by atoms with Gasteiger partial charge in [0, 0.05) is 17.5 Å². The first-order chi connectivity index (χ1) is 16.4. The quantitative estimate of drug-likeness (QED) is 0.316. The van der Waals surface area contributed by atoms with Crippen molar-refractivity contribution >= 4 is 28.8 Å². The van der Waals surface area contributed by atoms with Crippen LogP contribution >= 0.6 is 0 Å². The SMILES string of the molecule is C[C@@H](Oc1c(C=Nn2c(C3CCCCC3)nc3ccccc3c2=O)cccc1[N+](=O)[O-])C(=O)O. The molecule has 1 heterocycles. The molecule has 0 saturated heterocycles. The van der Waals surface area contributed by atoms with Gasteiger partial charge in [0.15, 0.2) is 6.10 Å². The molecule has 176 valence electrons. The van der Waals surface area contributed by atoms with Gasteiger partial charge in [0.05, 0.1) is 22.0 Å². The van der Waals surface area contributed by atoms with E-state index in [1.807, 2.05) is 6.07 Å². The molecule has 0 bridgehead atoms. The number of nitrogens with zero attached hydrogens (tertiary/aromatic N) is 4. The third kappa shape index (κ3) is 4.66. The second-order valence-corrected chi connectivity index (χ2v) is 8.23. The van der Waals surface area contributed by atoms with E-state index in [4.69, 9.17) is 9.72 Å². The number of fused-ring (bicyclic) bond motifs is 1. The zero-order chi connectivity index (χ0) is 24.2. The highest BCUT2D eigenvalue weighted by Crippen LogP contribution is 2.33. The molecular weight excluding hydrogens is 440 g/mol. The fourth-order valence-corrected chi connectivity index (χ4v) is 4.14. The zero-order valence-corrected chi connectivity index (χ0v) is 18.6. The van der Waals surface area contributed by atoms with Gasteiger partial charge in [-0.3, -0.25) is 14.9 Å². The Labute approximate surface area is 194 Å². The molecule has 0 aliphatic heterocycles. The van der Waals surface area contributed by atoms with Crippen molar-refractivity contribution in [3.05, 3.63) is 74.3 Å². The third-order valence-electron chi connectivity index (χ3n) is 5.93. The number of para-hydroxylation sites is 2. The third-order valence-corrected chi connectivity index (χ3v) is 5.93. The standard InChI is InChI=1S/C24H24N4O6/c1-15(24(30)31)34-21-17(10-7-13-20(21)28(32)33)14-25-27-22(16-8-3-2-4-9-16)26-19-12-6-5-11-18(19)23(27)29/h5-7,10-16H,2-4,8-9H2,1H3,(H,30,31)/t15-/m1/s1. The Morgan fingerprint density at radius 2 is 1.97 bits per heavy atom. The van der Waals surface area contributed by atoms with Crippen molar-refractivity contribution < 1.29 is 19.6 Å². The summed E-state index contributed by atoms with van der Waals surface area (Å²) in [6.07, 6.45) is 4.94. The van der Waals surface area contributed by atoms with Crippen LogP contribution in [0.4, 0.5) is 5.69 Å². The van der Waals surface area contributed by atoms with Crippen LogP contribution in [0.1, 0.15) is 56.3 Å². The van der Waals surface area contributed by atoms with Gasteiger partial charge in [-0.05, 0) is 38.0 Å². The maximum atomic E-state index is 13.3. The Morgan fingerprint density at radius 1 is 1.24 bits per heavy atom. The summed E-state index contributed by atoms with van der Waals surface area (Å²) < 4.78 is 6.65. The first-order valence-corrected chi connectivity index (χ1v) is 11.1. The number of hydrogen-bond donors (Lipinski definition) is 1. The highest BCUT2D eigenvalue weighted by Gasteiger charge is 2.25. The van der Waals surface area contributed by atoms with E-state index in [2.05, 4.69) is 5.10 Å². The normalized spacial score (nSPS) is 15.4. The molecule has 0 amide bonds. The number of carbonyl (C=O) groups is 1. The molecule has 0 unspecified atom stereocenters. The van der Waals surface area contributed by atoms with Gasteiger partial charge in [-0.1, -0.05) is 37.5 Å². The fourth-order valence-electron chi connectivity index (χ4n) is 4.14. The number of aromatic nitrogens is 2. The molecule has 34 heavy (non-hydrogen) atoms. The predicted molar refractivity (Wildman–Crippen MR) is 126 cm³/mol. The van der Waals surface area contributed by atoms with Crippen LogP contribution in [-0.2, 0) is 4.79 Å². The van der Waals surface area contributed by atoms with E-state index in [0.29, 0.717) is 16.7 Å². The molecule has 1 aliphatic rings. The van der Waals surface area contributed by atoms with Crippen molar-refractivity contribution in [1.82, 2.24) is 9.66 Å². The average Bonchev–Trinajstić information content (AvgIpc) is 2.84. The van der Waals surface area contributed by atoms with Gasteiger partial charge >= 0.3 is 11.7 Å². The topological polar surface area (TPSA) is 137 Å². The molecule has 1 atom stereocenters. The summed E-state index contributed by atoms with van der Waals surface area (Å²) in [5, 5.41) is 25.5. The number of benzene rings is 2. The average molecular weight is 464 g/mol. The monoisotopic (exact) mass is 464 g/mol. The number of nitro groups is 1. The Morgan fingerprint density at radius 3 is 2.68 bits per heavy atom. The smallest absolute Gasteiger partial charge is 0.344 e. The molecule has 1 saturated carbocycles. The summed E-state index contributed by atoms with van der Waals surface area (Å²) in [5.41, 5.74) is 0.0360. The minimum absolute atomic E-state index is 0.0658. The van der Waals surface area contributed by atoms with Gasteiger partial charge in [-0.2, -0.15) is 9.78 Å². The molecule has 10 nitrogen and oxygen atoms in total. The molecule has 1 aromatic heterocycles. The number of rotatable bonds is 7. The zero-order valence-electron chi connectivity index (χ0n) is 18.6. The Balaban J connectivity index is 1.84. The lowest BCUT2D eigenvalue weighted by Gasteiger charge is -2.22. The molecule has 1 N–H and O–H groups in total. The van der Waals surface area contributed by atoms with Gasteiger partial charge in [0.25, 0.3) is 5.56 Å². The molecule has 3 aromatic rings. The number of hydrogen-bond acceptors (Lipinski definition) is 7. The first kappa shape index (κ1) is 23.1. The summed E-state index contributed by atoms with van der Waals surface area (Å²) in [4.78, 5) is 40.2. The number of ether oxygens (including phenoxy) is 1. The molecule has 2 aromatic carbocycles. The maximum absolute atomic E-state index is 13.3. The van der Waals surface area contributed by atoms with Crippen LogP contribution in [0.2, 0.25) is 0 Å². The number of nitro benzene ring substituents is 1. The minimum Gasteiger partial charge on any atom is -0.479 e. The Kier molecular flexibility index (Phi) is 6.67. The van der Waals surface area contributed by atoms with E-state index < -0.39 is 22.7 Å². The number of carboxylic acid groups (broad SMARTS) is 1. The fraction of sp³-hybridized carbons (Fsp3) is 0.333. The van der Waals surface area contributed by atoms with Gasteiger partial charge in [-0.25, -0.2) is 9.78 Å². The van der Waals surface area contributed by atoms with Crippen LogP contribution in [0.5, 0.6) is 5.75 Å². The van der Waals surface area contributed by atoms with Crippen LogP contribution in [0.3, 0.4) is 0 Å². The van der Waals surface area contributed by atoms with Crippen molar-refractivity contribution in [1.29, 1.82) is 0 Å². The molecule has 0 spiro atoms. The molecule has 1 fully saturated rings. The molecule has 1 aliphatic carbocycles. The molecule has 4 rings (SSSR count). The first-order valence-electron chi connectivity index (χ1n) is 11.1. The summed E-state index contributed by atoms with van der Waals surface area (Å²) in [6.45, 7) is 1.28. The summed E-state index contributed by atoms with van der Waals surface area (Å²) in [5.74, 6) is -0.884. The van der Waals surface area contributed by atoms with Crippen LogP contribution in [0.25, 0.3) is 10.9 Å². The van der Waals surface area contributed by atoms with Crippen molar-refractivity contribution in [2.24, 2.45) is 5.10 Å². The Hall–Kier alpha value is -4.08. The van der Waals surface area contributed by atoms with Crippen LogP contribution in [0.15, 0.2) is 52.4 Å². The van der Waals surface area contributed by atoms with Crippen LogP contribution in [0, 0.1) is 10.1 Å². The summed E-state index contributed by atoms with van der Waals surface area (Å²) in [7, 11) is 0.